The van der Waals surface area contributed by atoms with Gasteiger partial charge in [0.05, 0.1) is 0 Å². The number of carbonyl (C=O) groups is 1. The maximum atomic E-state index is 12.4. The molecule has 2 aromatic rings. The summed E-state index contributed by atoms with van der Waals surface area (Å²) in [6.45, 7) is 0.782. The minimum absolute atomic E-state index is 0.215. The molecular formula is C22H27NO2S. The number of ether oxygens (including phenoxy) is 1. The number of allylic oxidation sites excluding steroid dienone is 2. The van der Waals surface area contributed by atoms with Crippen LogP contribution in [0, 0.1) is 5.92 Å². The summed E-state index contributed by atoms with van der Waals surface area (Å²) < 4.78 is 5.20. The number of nitrogens with one attached hydrogen (secondary N) is 1. The first-order valence-corrected chi connectivity index (χ1v) is 9.91. The van der Waals surface area contributed by atoms with Gasteiger partial charge in [0.25, 0.3) is 0 Å². The summed E-state index contributed by atoms with van der Waals surface area (Å²) in [4.78, 5) is 16.8. The predicted molar refractivity (Wildman–Crippen MR) is 112 cm³/mol. The highest BCUT2D eigenvalue weighted by Crippen LogP contribution is 2.29. The van der Waals surface area contributed by atoms with Gasteiger partial charge in [-0.05, 0) is 84.0 Å². The first-order chi connectivity index (χ1) is 12.7. The molecule has 1 aromatic carbocycles. The number of aromatic nitrogens is 1. The Morgan fingerprint density at radius 2 is 2.12 bits per heavy atom. The van der Waals surface area contributed by atoms with Crippen molar-refractivity contribution in [3.05, 3.63) is 42.1 Å². The lowest BCUT2D eigenvalue weighted by molar-refractivity contribution is -0.114. The summed E-state index contributed by atoms with van der Waals surface area (Å²) in [7, 11) is 1.74. The zero-order valence-electron chi connectivity index (χ0n) is 15.4. The molecule has 1 N–H and O–H groups in total. The monoisotopic (exact) mass is 369 g/mol. The Balaban J connectivity index is 1.82. The number of thiocarbonyl (C=S) groups is 1. The number of hydrogen-bond donors (Lipinski definition) is 1. The van der Waals surface area contributed by atoms with Crippen molar-refractivity contribution in [3.8, 4) is 0 Å². The topological polar surface area (TPSA) is 42.1 Å². The first kappa shape index (κ1) is 19.0. The molecule has 0 saturated heterocycles. The highest BCUT2D eigenvalue weighted by atomic mass is 32.1. The van der Waals surface area contributed by atoms with Gasteiger partial charge in [-0.2, -0.15) is 0 Å². The van der Waals surface area contributed by atoms with Crippen LogP contribution in [-0.2, 0) is 9.53 Å². The number of hydrogen-bond acceptors (Lipinski definition) is 3. The van der Waals surface area contributed by atoms with Gasteiger partial charge in [-0.3, -0.25) is 4.79 Å². The summed E-state index contributed by atoms with van der Waals surface area (Å²) in [5.41, 5.74) is 3.38. The molecule has 26 heavy (non-hydrogen) atoms. The lowest BCUT2D eigenvalue weighted by atomic mass is 9.86. The number of rotatable bonds is 5. The maximum absolute atomic E-state index is 12.4. The van der Waals surface area contributed by atoms with E-state index in [1.165, 1.54) is 5.39 Å². The van der Waals surface area contributed by atoms with Crippen LogP contribution in [0.4, 0.5) is 0 Å². The molecule has 1 aromatic heterocycles. The number of H-pyrrole nitrogens is 1. The van der Waals surface area contributed by atoms with E-state index in [4.69, 9.17) is 17.0 Å². The summed E-state index contributed by atoms with van der Waals surface area (Å²) in [5, 5.41) is 1.19. The molecule has 3 nitrogen and oxygen atoms in total. The Morgan fingerprint density at radius 3 is 2.96 bits per heavy atom. The molecule has 0 aliphatic heterocycles. The molecule has 4 heteroatoms. The van der Waals surface area contributed by atoms with Gasteiger partial charge in [0, 0.05) is 31.9 Å². The van der Waals surface area contributed by atoms with Crippen LogP contribution in [0.2, 0.25) is 0 Å². The van der Waals surface area contributed by atoms with Crippen LogP contribution < -0.4 is 0 Å². The fourth-order valence-electron chi connectivity index (χ4n) is 3.73. The summed E-state index contributed by atoms with van der Waals surface area (Å²) in [6.07, 6.45) is 10.1. The number of ketones is 1. The Bertz CT molecular complexity index is 805. The van der Waals surface area contributed by atoms with Gasteiger partial charge in [0.15, 0.2) is 5.78 Å². The minimum atomic E-state index is 0.215. The molecule has 1 atom stereocenters. The molecule has 0 amide bonds. The molecule has 0 fully saturated rings. The number of fused-ring (bicyclic) bond motifs is 1. The van der Waals surface area contributed by atoms with Crippen molar-refractivity contribution >= 4 is 39.3 Å². The molecule has 138 valence electrons. The van der Waals surface area contributed by atoms with Crippen LogP contribution in [0.15, 0.2) is 36.5 Å². The number of methoxy groups -OCH3 is 1. The van der Waals surface area contributed by atoms with Crippen molar-refractivity contribution in [3.63, 3.8) is 0 Å². The van der Waals surface area contributed by atoms with Crippen LogP contribution in [-0.4, -0.2) is 29.3 Å². The first-order valence-electron chi connectivity index (χ1n) is 9.50. The van der Waals surface area contributed by atoms with E-state index in [-0.39, 0.29) is 5.78 Å². The Labute approximate surface area is 160 Å². The van der Waals surface area contributed by atoms with Gasteiger partial charge in [0.1, 0.15) is 0 Å². The van der Waals surface area contributed by atoms with Crippen molar-refractivity contribution in [2.75, 3.05) is 13.7 Å². The number of carbonyl (C=O) groups excluding carboxylic acids is 1. The average molecular weight is 370 g/mol. The quantitative estimate of drug-likeness (QED) is 0.559. The number of aromatic amines is 1. The molecular weight excluding hydrogens is 342 g/mol. The lowest BCUT2D eigenvalue weighted by Gasteiger charge is -2.20. The van der Waals surface area contributed by atoms with Crippen molar-refractivity contribution in [2.24, 2.45) is 5.92 Å². The van der Waals surface area contributed by atoms with Gasteiger partial charge < -0.3 is 9.72 Å². The van der Waals surface area contributed by atoms with Crippen molar-refractivity contribution in [1.29, 1.82) is 0 Å². The Hall–Kier alpha value is -1.78. The van der Waals surface area contributed by atoms with Gasteiger partial charge in [-0.25, -0.2) is 0 Å². The zero-order chi connectivity index (χ0) is 18.4. The highest BCUT2D eigenvalue weighted by Gasteiger charge is 2.18. The molecule has 1 heterocycles. The van der Waals surface area contributed by atoms with Gasteiger partial charge in [-0.15, -0.1) is 0 Å². The van der Waals surface area contributed by atoms with E-state index in [2.05, 4.69) is 29.2 Å². The Morgan fingerprint density at radius 1 is 1.23 bits per heavy atom. The molecule has 0 bridgehead atoms. The van der Waals surface area contributed by atoms with E-state index in [1.54, 1.807) is 7.11 Å². The molecule has 0 saturated carbocycles. The van der Waals surface area contributed by atoms with Crippen molar-refractivity contribution < 1.29 is 9.53 Å². The molecule has 0 spiro atoms. The fraction of sp³-hybridized carbons (Fsp3) is 0.455. The third kappa shape index (κ3) is 4.89. The lowest BCUT2D eigenvalue weighted by Crippen LogP contribution is -2.15. The van der Waals surface area contributed by atoms with Crippen LogP contribution in [0.5, 0.6) is 0 Å². The van der Waals surface area contributed by atoms with Crippen LogP contribution in [0.1, 0.15) is 50.5 Å². The van der Waals surface area contributed by atoms with E-state index < -0.39 is 0 Å². The third-order valence-corrected chi connectivity index (χ3v) is 5.76. The van der Waals surface area contributed by atoms with E-state index in [0.29, 0.717) is 12.3 Å². The predicted octanol–water partition coefficient (Wildman–Crippen LogP) is 5.50. The Kier molecular flexibility index (Phi) is 6.75. The van der Waals surface area contributed by atoms with E-state index >= 15 is 0 Å². The standard InChI is InChI=1S/C22H27NO2S/c1-25-13-3-4-17-8-10-18(14-20(24)5-2-6-22(17)26)19-9-7-16-11-12-23-21(16)15-19/h7,9,11-12,14-15,17,23H,2-6,8,10,13H2,1H3. The molecule has 3 rings (SSSR count). The highest BCUT2D eigenvalue weighted by molar-refractivity contribution is 7.80. The maximum Gasteiger partial charge on any atom is 0.155 e. The van der Waals surface area contributed by atoms with Crippen LogP contribution in [0.3, 0.4) is 0 Å². The summed E-state index contributed by atoms with van der Waals surface area (Å²) in [6, 6.07) is 8.46. The largest absolute Gasteiger partial charge is 0.385 e. The summed E-state index contributed by atoms with van der Waals surface area (Å²) in [5.74, 6) is 0.651. The SMILES string of the molecule is COCCCC1CCC(c2ccc3cc[nH]c3c2)=CC(=O)CCCC1=S. The van der Waals surface area contributed by atoms with E-state index in [0.717, 1.165) is 66.6 Å². The van der Waals surface area contributed by atoms with Crippen molar-refractivity contribution in [1.82, 2.24) is 4.98 Å². The molecule has 1 unspecified atom stereocenters. The minimum Gasteiger partial charge on any atom is -0.385 e. The average Bonchev–Trinajstić information content (AvgIpc) is 3.10. The van der Waals surface area contributed by atoms with Crippen molar-refractivity contribution in [2.45, 2.75) is 44.9 Å². The van der Waals surface area contributed by atoms with Crippen LogP contribution in [0.25, 0.3) is 16.5 Å². The fourth-order valence-corrected chi connectivity index (χ4v) is 4.11. The van der Waals surface area contributed by atoms with Gasteiger partial charge in [-0.1, -0.05) is 24.4 Å². The van der Waals surface area contributed by atoms with Crippen LogP contribution >= 0.6 is 12.2 Å². The molecule has 1 aliphatic rings. The summed E-state index contributed by atoms with van der Waals surface area (Å²) >= 11 is 5.70. The number of benzene rings is 1. The second kappa shape index (κ2) is 9.24. The normalized spacial score (nSPS) is 19.6. The second-order valence-electron chi connectivity index (χ2n) is 7.11. The third-order valence-electron chi connectivity index (χ3n) is 5.23. The van der Waals surface area contributed by atoms with E-state index in [9.17, 15) is 4.79 Å². The van der Waals surface area contributed by atoms with Gasteiger partial charge in [0.2, 0.25) is 0 Å². The second-order valence-corrected chi connectivity index (χ2v) is 7.63. The molecule has 1 aliphatic carbocycles. The molecule has 0 radical (unpaired) electrons. The van der Waals surface area contributed by atoms with E-state index in [1.807, 2.05) is 12.3 Å². The van der Waals surface area contributed by atoms with Gasteiger partial charge >= 0.3 is 0 Å². The smallest absolute Gasteiger partial charge is 0.155 e. The zero-order valence-corrected chi connectivity index (χ0v) is 16.2.